The van der Waals surface area contributed by atoms with Crippen molar-refractivity contribution in [1.29, 1.82) is 0 Å². The highest BCUT2D eigenvalue weighted by Gasteiger charge is 2.39. The molecular formula is C32H23N2O2S+. The van der Waals surface area contributed by atoms with E-state index in [1.807, 2.05) is 42.5 Å². The number of thiazole rings is 1. The lowest BCUT2D eigenvalue weighted by Crippen LogP contribution is -2.48. The number of rotatable bonds is 5. The van der Waals surface area contributed by atoms with Crippen LogP contribution in [0.1, 0.15) is 6.41 Å². The predicted molar refractivity (Wildman–Crippen MR) is 149 cm³/mol. The molecule has 1 aliphatic heterocycles. The molecule has 1 unspecified atom stereocenters. The quantitative estimate of drug-likeness (QED) is 0.223. The lowest BCUT2D eigenvalue weighted by molar-refractivity contribution is -0.757. The van der Waals surface area contributed by atoms with Crippen molar-refractivity contribution in [2.24, 2.45) is 0 Å². The number of hydrogen-bond acceptors (Lipinski definition) is 4. The average Bonchev–Trinajstić information content (AvgIpc) is 3.36. The second kappa shape index (κ2) is 9.12. The fourth-order valence-corrected chi connectivity index (χ4v) is 5.96. The zero-order valence-corrected chi connectivity index (χ0v) is 20.7. The molecule has 0 radical (unpaired) electrons. The van der Waals surface area contributed by atoms with Crippen molar-refractivity contribution < 1.29 is 14.0 Å². The first kappa shape index (κ1) is 21.7. The summed E-state index contributed by atoms with van der Waals surface area (Å²) in [6.45, 7) is 0. The Morgan fingerprint density at radius 1 is 0.622 bits per heavy atom. The number of nitrogens with zero attached hydrogens (tertiary/aromatic N) is 2. The van der Waals surface area contributed by atoms with Crippen LogP contribution >= 0.6 is 11.3 Å². The fourth-order valence-electron chi connectivity index (χ4n) is 4.77. The summed E-state index contributed by atoms with van der Waals surface area (Å²) in [4.78, 5) is 2.23. The lowest BCUT2D eigenvalue weighted by atomic mass is 10.2. The molecular weight excluding hydrogens is 476 g/mol. The van der Waals surface area contributed by atoms with Crippen molar-refractivity contribution in [3.05, 3.63) is 133 Å². The van der Waals surface area contributed by atoms with Crippen molar-refractivity contribution in [3.8, 4) is 22.1 Å². The first-order valence-electron chi connectivity index (χ1n) is 12.2. The van der Waals surface area contributed by atoms with Crippen LogP contribution in [0.25, 0.3) is 20.8 Å². The van der Waals surface area contributed by atoms with Gasteiger partial charge in [0.1, 0.15) is 21.8 Å². The van der Waals surface area contributed by atoms with E-state index in [1.54, 1.807) is 11.3 Å². The predicted octanol–water partition coefficient (Wildman–Crippen LogP) is 8.25. The van der Waals surface area contributed by atoms with E-state index >= 15 is 0 Å². The van der Waals surface area contributed by atoms with Crippen LogP contribution in [0.15, 0.2) is 133 Å². The van der Waals surface area contributed by atoms with Gasteiger partial charge in [-0.1, -0.05) is 72.0 Å². The Morgan fingerprint density at radius 3 is 1.95 bits per heavy atom. The summed E-state index contributed by atoms with van der Waals surface area (Å²) in [5.41, 5.74) is 5.42. The Bertz CT molecular complexity index is 1640. The van der Waals surface area contributed by atoms with E-state index in [-0.39, 0.29) is 0 Å². The van der Waals surface area contributed by atoms with E-state index in [0.717, 1.165) is 44.6 Å². The van der Waals surface area contributed by atoms with Gasteiger partial charge in [0.25, 0.3) is 5.01 Å². The van der Waals surface area contributed by atoms with Crippen LogP contribution in [0, 0.1) is 0 Å². The van der Waals surface area contributed by atoms with Gasteiger partial charge in [0.05, 0.1) is 0 Å². The van der Waals surface area contributed by atoms with Crippen molar-refractivity contribution >= 4 is 38.6 Å². The van der Waals surface area contributed by atoms with Crippen LogP contribution in [0.3, 0.4) is 0 Å². The van der Waals surface area contributed by atoms with Crippen LogP contribution < -0.4 is 18.9 Å². The number of ether oxygens (including phenoxy) is 2. The highest BCUT2D eigenvalue weighted by molar-refractivity contribution is 7.21. The van der Waals surface area contributed by atoms with Crippen LogP contribution in [0.2, 0.25) is 0 Å². The highest BCUT2D eigenvalue weighted by atomic mass is 32.1. The van der Waals surface area contributed by atoms with E-state index in [0.29, 0.717) is 0 Å². The molecule has 1 atom stereocenters. The molecule has 6 aromatic rings. The largest absolute Gasteiger partial charge is 0.469 e. The van der Waals surface area contributed by atoms with Gasteiger partial charge in [0.15, 0.2) is 0 Å². The van der Waals surface area contributed by atoms with Crippen LogP contribution in [-0.4, -0.2) is 0 Å². The molecule has 0 amide bonds. The van der Waals surface area contributed by atoms with E-state index in [2.05, 4.69) is 100 Å². The molecule has 5 aromatic carbocycles. The van der Waals surface area contributed by atoms with E-state index < -0.39 is 6.41 Å². The van der Waals surface area contributed by atoms with Crippen molar-refractivity contribution in [3.63, 3.8) is 0 Å². The minimum absolute atomic E-state index is 0.605. The molecule has 0 N–H and O–H groups in total. The zero-order valence-electron chi connectivity index (χ0n) is 19.9. The molecule has 5 heteroatoms. The molecule has 178 valence electrons. The van der Waals surface area contributed by atoms with Crippen molar-refractivity contribution in [1.82, 2.24) is 0 Å². The number of para-hydroxylation sites is 4. The molecule has 0 spiro atoms. The number of aromatic nitrogens is 1. The van der Waals surface area contributed by atoms with Gasteiger partial charge in [-0.25, -0.2) is 0 Å². The first-order valence-corrected chi connectivity index (χ1v) is 13.0. The SMILES string of the molecule is c1ccc(N(c2ccccc2)c2ccc(OC3Oc4ccccc4-c4sc5ccccc5[n+]43)cc2)cc1. The third-order valence-electron chi connectivity index (χ3n) is 6.47. The molecule has 0 fully saturated rings. The summed E-state index contributed by atoms with van der Waals surface area (Å²) in [6.07, 6.45) is -0.605. The van der Waals surface area contributed by atoms with Gasteiger partial charge < -0.3 is 14.4 Å². The summed E-state index contributed by atoms with van der Waals surface area (Å²) in [6, 6.07) is 45.5. The van der Waals surface area contributed by atoms with Gasteiger partial charge in [-0.3, -0.25) is 0 Å². The molecule has 4 nitrogen and oxygen atoms in total. The van der Waals surface area contributed by atoms with Crippen LogP contribution in [0.4, 0.5) is 17.1 Å². The molecule has 2 heterocycles. The Kier molecular flexibility index (Phi) is 5.34. The molecule has 0 saturated carbocycles. The maximum Gasteiger partial charge on any atom is 0.469 e. The van der Waals surface area contributed by atoms with E-state index in [4.69, 9.17) is 9.47 Å². The summed E-state index contributed by atoms with van der Waals surface area (Å²) >= 11 is 1.75. The Labute approximate surface area is 219 Å². The van der Waals surface area contributed by atoms with Gasteiger partial charge in [-0.05, 0) is 66.7 Å². The minimum atomic E-state index is -0.605. The third kappa shape index (κ3) is 3.90. The Hall–Kier alpha value is -4.61. The van der Waals surface area contributed by atoms with Crippen LogP contribution in [-0.2, 0) is 0 Å². The number of benzene rings is 5. The maximum atomic E-state index is 6.48. The number of fused-ring (bicyclic) bond motifs is 5. The molecule has 1 aliphatic rings. The van der Waals surface area contributed by atoms with Crippen molar-refractivity contribution in [2.45, 2.75) is 6.41 Å². The minimum Gasteiger partial charge on any atom is -0.401 e. The number of anilines is 3. The number of hydrogen-bond donors (Lipinski definition) is 0. The standard InChI is InChI=1S/C32H23N2O2S/c1-3-11-23(12-4-1)33(24-13-5-2-6-14-24)25-19-21-26(22-20-25)35-32-34-28-16-8-10-18-30(28)37-31(34)27-15-7-9-17-29(27)36-32/h1-22,32H/q+1. The van der Waals surface area contributed by atoms with Gasteiger partial charge >= 0.3 is 6.41 Å². The average molecular weight is 500 g/mol. The monoisotopic (exact) mass is 499 g/mol. The Morgan fingerprint density at radius 2 is 1.22 bits per heavy atom. The molecule has 1 aromatic heterocycles. The third-order valence-corrected chi connectivity index (χ3v) is 7.64. The topological polar surface area (TPSA) is 25.6 Å². The van der Waals surface area contributed by atoms with E-state index in [9.17, 15) is 0 Å². The normalized spacial score (nSPS) is 13.9. The molecule has 0 saturated heterocycles. The van der Waals surface area contributed by atoms with Crippen LogP contribution in [0.5, 0.6) is 11.5 Å². The van der Waals surface area contributed by atoms with Gasteiger partial charge in [0.2, 0.25) is 5.52 Å². The summed E-state index contributed by atoms with van der Waals surface area (Å²) in [5, 5.41) is 1.13. The smallest absolute Gasteiger partial charge is 0.401 e. The highest BCUT2D eigenvalue weighted by Crippen LogP contribution is 2.41. The summed E-state index contributed by atoms with van der Waals surface area (Å²) in [7, 11) is 0. The van der Waals surface area contributed by atoms with E-state index in [1.165, 1.54) is 4.70 Å². The summed E-state index contributed by atoms with van der Waals surface area (Å²) in [5.74, 6) is 1.57. The second-order valence-corrected chi connectivity index (χ2v) is 9.81. The summed E-state index contributed by atoms with van der Waals surface area (Å²) < 4.78 is 16.2. The molecule has 0 bridgehead atoms. The van der Waals surface area contributed by atoms with Gasteiger partial charge in [0, 0.05) is 23.1 Å². The molecule has 0 aliphatic carbocycles. The van der Waals surface area contributed by atoms with Gasteiger partial charge in [-0.2, -0.15) is 0 Å². The molecule has 7 rings (SSSR count). The zero-order chi connectivity index (χ0) is 24.6. The molecule has 37 heavy (non-hydrogen) atoms. The fraction of sp³-hybridized carbons (Fsp3) is 0.0312. The second-order valence-electron chi connectivity index (χ2n) is 8.78. The Balaban J connectivity index is 1.24. The van der Waals surface area contributed by atoms with Gasteiger partial charge in [-0.15, -0.1) is 4.57 Å². The lowest BCUT2D eigenvalue weighted by Gasteiger charge is -2.26. The van der Waals surface area contributed by atoms with Crippen molar-refractivity contribution in [2.75, 3.05) is 4.90 Å². The maximum absolute atomic E-state index is 6.48. The first-order chi connectivity index (χ1) is 18.3.